The van der Waals surface area contributed by atoms with Crippen molar-refractivity contribution in [2.24, 2.45) is 0 Å². The topological polar surface area (TPSA) is 12.5 Å². The van der Waals surface area contributed by atoms with Crippen LogP contribution in [0.2, 0.25) is 0 Å². The van der Waals surface area contributed by atoms with E-state index in [1.54, 1.807) is 0 Å². The Bertz CT molecular complexity index is 143. The SMILES string of the molecule is CCC(CC)O[SiH2]CN1CCCCCC1. The third-order valence-electron chi connectivity index (χ3n) is 3.37. The van der Waals surface area contributed by atoms with Crippen molar-refractivity contribution in [3.05, 3.63) is 0 Å². The number of hydrogen-bond donors (Lipinski definition) is 0. The molecule has 1 aliphatic heterocycles. The molecule has 3 heteroatoms. The highest BCUT2D eigenvalue weighted by molar-refractivity contribution is 6.27. The van der Waals surface area contributed by atoms with E-state index in [-0.39, 0.29) is 9.76 Å². The minimum absolute atomic E-state index is 0.292. The highest BCUT2D eigenvalue weighted by atomic mass is 28.2. The van der Waals surface area contributed by atoms with E-state index >= 15 is 0 Å². The summed E-state index contributed by atoms with van der Waals surface area (Å²) in [5.74, 6) is 0. The molecule has 0 aromatic heterocycles. The maximum absolute atomic E-state index is 5.98. The van der Waals surface area contributed by atoms with E-state index in [0.29, 0.717) is 6.10 Å². The second-order valence-corrected chi connectivity index (χ2v) is 5.75. The summed E-state index contributed by atoms with van der Waals surface area (Å²) in [6.45, 7) is 7.10. The minimum atomic E-state index is -0.292. The number of likely N-dealkylation sites (tertiary alicyclic amines) is 1. The molecule has 0 unspecified atom stereocenters. The summed E-state index contributed by atoms with van der Waals surface area (Å²) < 4.78 is 5.98. The lowest BCUT2D eigenvalue weighted by molar-refractivity contribution is 0.192. The van der Waals surface area contributed by atoms with E-state index in [1.807, 2.05) is 0 Å². The van der Waals surface area contributed by atoms with Gasteiger partial charge in [-0.1, -0.05) is 26.7 Å². The van der Waals surface area contributed by atoms with Gasteiger partial charge in [0.05, 0.1) is 0 Å². The predicted molar refractivity (Wildman–Crippen MR) is 68.9 cm³/mol. The van der Waals surface area contributed by atoms with E-state index in [2.05, 4.69) is 18.7 Å². The summed E-state index contributed by atoms with van der Waals surface area (Å²) in [6, 6.07) is 0. The largest absolute Gasteiger partial charge is 0.420 e. The fourth-order valence-electron chi connectivity index (χ4n) is 2.23. The Balaban J connectivity index is 2.07. The first kappa shape index (κ1) is 13.2. The zero-order valence-corrected chi connectivity index (χ0v) is 11.9. The molecule has 2 nitrogen and oxygen atoms in total. The average molecular weight is 229 g/mol. The maximum Gasteiger partial charge on any atom is 0.175 e. The van der Waals surface area contributed by atoms with Gasteiger partial charge in [0.2, 0.25) is 0 Å². The van der Waals surface area contributed by atoms with Gasteiger partial charge in [0, 0.05) is 12.3 Å². The van der Waals surface area contributed by atoms with Gasteiger partial charge in [-0.25, -0.2) is 0 Å². The van der Waals surface area contributed by atoms with Crippen LogP contribution in [0.4, 0.5) is 0 Å². The summed E-state index contributed by atoms with van der Waals surface area (Å²) in [5.41, 5.74) is 0. The van der Waals surface area contributed by atoms with Crippen molar-refractivity contribution in [3.8, 4) is 0 Å². The smallest absolute Gasteiger partial charge is 0.175 e. The van der Waals surface area contributed by atoms with Gasteiger partial charge in [0.15, 0.2) is 9.76 Å². The zero-order valence-electron chi connectivity index (χ0n) is 10.5. The standard InChI is InChI=1S/C12H27NOSi/c1-3-12(4-2)14-15-11-13-9-7-5-6-8-10-13/h12H,3-11,15H2,1-2H3. The summed E-state index contributed by atoms with van der Waals surface area (Å²) in [7, 11) is -0.292. The normalized spacial score (nSPS) is 20.2. The van der Waals surface area contributed by atoms with Gasteiger partial charge in [-0.05, 0) is 38.8 Å². The van der Waals surface area contributed by atoms with E-state index < -0.39 is 0 Å². The summed E-state index contributed by atoms with van der Waals surface area (Å²) in [5, 5.41) is 0. The molecule has 1 aliphatic rings. The van der Waals surface area contributed by atoms with Gasteiger partial charge in [0.1, 0.15) is 0 Å². The van der Waals surface area contributed by atoms with E-state index in [9.17, 15) is 0 Å². The lowest BCUT2D eigenvalue weighted by Gasteiger charge is -2.21. The van der Waals surface area contributed by atoms with Crippen LogP contribution in [-0.2, 0) is 4.43 Å². The molecular formula is C12H27NOSi. The van der Waals surface area contributed by atoms with Crippen LogP contribution in [-0.4, -0.2) is 40.0 Å². The number of rotatable bonds is 6. The van der Waals surface area contributed by atoms with Crippen LogP contribution in [0.25, 0.3) is 0 Å². The lowest BCUT2D eigenvalue weighted by Crippen LogP contribution is -2.31. The fourth-order valence-corrected chi connectivity index (χ4v) is 3.85. The predicted octanol–water partition coefficient (Wildman–Crippen LogP) is 2.11. The summed E-state index contributed by atoms with van der Waals surface area (Å²) in [4.78, 5) is 2.63. The second-order valence-electron chi connectivity index (χ2n) is 4.57. The zero-order chi connectivity index (χ0) is 10.9. The van der Waals surface area contributed by atoms with Gasteiger partial charge in [-0.2, -0.15) is 0 Å². The Kier molecular flexibility index (Phi) is 7.31. The van der Waals surface area contributed by atoms with Crippen molar-refractivity contribution >= 4 is 9.76 Å². The fraction of sp³-hybridized carbons (Fsp3) is 1.00. The van der Waals surface area contributed by atoms with Gasteiger partial charge < -0.3 is 9.33 Å². The third kappa shape index (κ3) is 5.69. The molecule has 0 bridgehead atoms. The maximum atomic E-state index is 5.98. The van der Waals surface area contributed by atoms with Crippen molar-refractivity contribution in [2.45, 2.75) is 58.5 Å². The quantitative estimate of drug-likeness (QED) is 0.647. The molecule has 0 saturated carbocycles. The van der Waals surface area contributed by atoms with Crippen molar-refractivity contribution in [1.29, 1.82) is 0 Å². The molecule has 15 heavy (non-hydrogen) atoms. The van der Waals surface area contributed by atoms with Crippen LogP contribution in [0.3, 0.4) is 0 Å². The molecule has 1 fully saturated rings. The summed E-state index contributed by atoms with van der Waals surface area (Å²) in [6.07, 6.45) is 9.86. The molecule has 0 aromatic carbocycles. The van der Waals surface area contributed by atoms with Gasteiger partial charge in [-0.3, -0.25) is 0 Å². The molecule has 0 radical (unpaired) electrons. The lowest BCUT2D eigenvalue weighted by atomic mass is 10.2. The van der Waals surface area contributed by atoms with Crippen molar-refractivity contribution in [3.63, 3.8) is 0 Å². The van der Waals surface area contributed by atoms with Crippen molar-refractivity contribution < 1.29 is 4.43 Å². The Morgan fingerprint density at radius 3 is 2.20 bits per heavy atom. The highest BCUT2D eigenvalue weighted by Crippen LogP contribution is 2.09. The van der Waals surface area contributed by atoms with Crippen LogP contribution in [0, 0.1) is 0 Å². The second kappa shape index (κ2) is 8.31. The highest BCUT2D eigenvalue weighted by Gasteiger charge is 2.10. The molecule has 0 spiro atoms. The van der Waals surface area contributed by atoms with Crippen molar-refractivity contribution in [1.82, 2.24) is 4.90 Å². The monoisotopic (exact) mass is 229 g/mol. The Morgan fingerprint density at radius 2 is 1.67 bits per heavy atom. The number of nitrogens with zero attached hydrogens (tertiary/aromatic N) is 1. The van der Waals surface area contributed by atoms with Crippen LogP contribution in [0.5, 0.6) is 0 Å². The first-order valence-corrected chi connectivity index (χ1v) is 8.28. The van der Waals surface area contributed by atoms with Crippen LogP contribution < -0.4 is 0 Å². The Hall–Kier alpha value is 0.137. The average Bonchev–Trinajstić information content (AvgIpc) is 2.53. The molecule has 0 amide bonds. The Morgan fingerprint density at radius 1 is 1.07 bits per heavy atom. The summed E-state index contributed by atoms with van der Waals surface area (Å²) >= 11 is 0. The molecule has 0 aromatic rings. The molecule has 90 valence electrons. The minimum Gasteiger partial charge on any atom is -0.420 e. The molecule has 1 rings (SSSR count). The van der Waals surface area contributed by atoms with Crippen molar-refractivity contribution in [2.75, 3.05) is 19.3 Å². The molecule has 1 saturated heterocycles. The van der Waals surface area contributed by atoms with E-state index in [1.165, 1.54) is 57.8 Å². The van der Waals surface area contributed by atoms with Gasteiger partial charge >= 0.3 is 0 Å². The first-order chi connectivity index (χ1) is 7.36. The van der Waals surface area contributed by atoms with Crippen LogP contribution >= 0.6 is 0 Å². The molecule has 0 aliphatic carbocycles. The number of hydrogen-bond acceptors (Lipinski definition) is 2. The first-order valence-electron chi connectivity index (χ1n) is 6.70. The third-order valence-corrected chi connectivity index (χ3v) is 4.89. The van der Waals surface area contributed by atoms with Gasteiger partial charge in [-0.15, -0.1) is 0 Å². The molecular weight excluding hydrogens is 202 g/mol. The Labute approximate surface area is 97.3 Å². The van der Waals surface area contributed by atoms with E-state index in [0.717, 1.165) is 0 Å². The van der Waals surface area contributed by atoms with Crippen LogP contribution in [0.1, 0.15) is 52.4 Å². The molecule has 1 heterocycles. The molecule has 0 atom stereocenters. The van der Waals surface area contributed by atoms with E-state index in [4.69, 9.17) is 4.43 Å². The van der Waals surface area contributed by atoms with Crippen LogP contribution in [0.15, 0.2) is 0 Å². The van der Waals surface area contributed by atoms with Gasteiger partial charge in [0.25, 0.3) is 0 Å². The molecule has 0 N–H and O–H groups in total.